The van der Waals surface area contributed by atoms with Gasteiger partial charge in [-0.3, -0.25) is 14.5 Å². The highest BCUT2D eigenvalue weighted by molar-refractivity contribution is 6.15. The summed E-state index contributed by atoms with van der Waals surface area (Å²) in [6.45, 7) is -0.0527. The minimum absolute atomic E-state index is 0.0527. The zero-order chi connectivity index (χ0) is 15.0. The first-order valence-corrected chi connectivity index (χ1v) is 6.51. The van der Waals surface area contributed by atoms with Crippen molar-refractivity contribution in [1.29, 1.82) is 0 Å². The fourth-order valence-electron chi connectivity index (χ4n) is 2.40. The van der Waals surface area contributed by atoms with E-state index in [9.17, 15) is 14.0 Å². The zero-order valence-electron chi connectivity index (χ0n) is 11.4. The van der Waals surface area contributed by atoms with E-state index in [-0.39, 0.29) is 23.9 Å². The van der Waals surface area contributed by atoms with Gasteiger partial charge in [-0.25, -0.2) is 4.39 Å². The van der Waals surface area contributed by atoms with Crippen LogP contribution in [0.5, 0.6) is 0 Å². The summed E-state index contributed by atoms with van der Waals surface area (Å²) in [5.74, 6) is -1.04. The van der Waals surface area contributed by atoms with Crippen LogP contribution in [0.4, 0.5) is 15.8 Å². The van der Waals surface area contributed by atoms with E-state index in [4.69, 9.17) is 0 Å². The van der Waals surface area contributed by atoms with Crippen LogP contribution in [0.2, 0.25) is 0 Å². The smallest absolute Gasteiger partial charge is 0.258 e. The van der Waals surface area contributed by atoms with Gasteiger partial charge >= 0.3 is 0 Å². The molecule has 2 aromatic carbocycles. The normalized spacial score (nSPS) is 14.1. The van der Waals surface area contributed by atoms with Crippen molar-refractivity contribution in [3.63, 3.8) is 0 Å². The molecule has 2 amide bonds. The van der Waals surface area contributed by atoms with Crippen molar-refractivity contribution in [1.82, 2.24) is 0 Å². The molecule has 0 atom stereocenters. The molecule has 0 N–H and O–H groups in total. The second kappa shape index (κ2) is 5.01. The van der Waals surface area contributed by atoms with E-state index < -0.39 is 5.82 Å². The second-order valence-electron chi connectivity index (χ2n) is 4.84. The summed E-state index contributed by atoms with van der Waals surface area (Å²) in [5.41, 5.74) is 1.54. The summed E-state index contributed by atoms with van der Waals surface area (Å²) in [4.78, 5) is 27.5. The lowest BCUT2D eigenvalue weighted by Crippen LogP contribution is -2.46. The Balaban J connectivity index is 2.05. The number of benzene rings is 2. The minimum atomic E-state index is -0.477. The highest BCUT2D eigenvalue weighted by Crippen LogP contribution is 2.33. The summed E-state index contributed by atoms with van der Waals surface area (Å²) >= 11 is 0. The standard InChI is InChI=1S/C16H13FN2O2/c1-18-13-7-2-3-8-14(13)19(10-15(18)20)16(21)11-5-4-6-12(17)9-11/h2-9H,10H2,1H3. The maximum Gasteiger partial charge on any atom is 0.258 e. The second-order valence-corrected chi connectivity index (χ2v) is 4.84. The van der Waals surface area contributed by atoms with E-state index >= 15 is 0 Å². The molecule has 1 heterocycles. The minimum Gasteiger partial charge on any atom is -0.312 e. The average molecular weight is 284 g/mol. The lowest BCUT2D eigenvalue weighted by Gasteiger charge is -2.34. The summed E-state index contributed by atoms with van der Waals surface area (Å²) in [5, 5.41) is 0. The highest BCUT2D eigenvalue weighted by Gasteiger charge is 2.30. The van der Waals surface area contributed by atoms with Crippen LogP contribution in [0.25, 0.3) is 0 Å². The van der Waals surface area contributed by atoms with E-state index in [1.54, 1.807) is 31.3 Å². The Labute approximate surface area is 121 Å². The van der Waals surface area contributed by atoms with E-state index in [0.717, 1.165) is 0 Å². The molecule has 0 saturated heterocycles. The predicted molar refractivity (Wildman–Crippen MR) is 77.9 cm³/mol. The van der Waals surface area contributed by atoms with Crippen molar-refractivity contribution in [2.75, 3.05) is 23.4 Å². The summed E-state index contributed by atoms with van der Waals surface area (Å²) in [7, 11) is 1.67. The fourth-order valence-corrected chi connectivity index (χ4v) is 2.40. The Hall–Kier alpha value is -2.69. The van der Waals surface area contributed by atoms with Crippen LogP contribution in [0, 0.1) is 5.82 Å². The summed E-state index contributed by atoms with van der Waals surface area (Å²) in [6.07, 6.45) is 0. The van der Waals surface area contributed by atoms with Crippen molar-refractivity contribution in [2.45, 2.75) is 0 Å². The van der Waals surface area contributed by atoms with Crippen molar-refractivity contribution in [2.24, 2.45) is 0 Å². The molecule has 0 aliphatic carbocycles. The van der Waals surface area contributed by atoms with Gasteiger partial charge in [0.15, 0.2) is 0 Å². The molecule has 0 aromatic heterocycles. The number of nitrogens with zero attached hydrogens (tertiary/aromatic N) is 2. The van der Waals surface area contributed by atoms with Crippen LogP contribution in [0.1, 0.15) is 10.4 Å². The molecule has 3 rings (SSSR count). The maximum absolute atomic E-state index is 13.3. The number of para-hydroxylation sites is 2. The van der Waals surface area contributed by atoms with Crippen LogP contribution in [0.3, 0.4) is 0 Å². The number of likely N-dealkylation sites (N-methyl/N-ethyl adjacent to an activating group) is 1. The third kappa shape index (κ3) is 2.27. The average Bonchev–Trinajstić information content (AvgIpc) is 2.50. The third-order valence-corrected chi connectivity index (χ3v) is 3.52. The van der Waals surface area contributed by atoms with Crippen molar-refractivity contribution in [3.05, 3.63) is 59.9 Å². The molecule has 2 aromatic rings. The molecule has 0 unspecified atom stereocenters. The molecular formula is C16H13FN2O2. The number of carbonyl (C=O) groups is 2. The SMILES string of the molecule is CN1C(=O)CN(C(=O)c2cccc(F)c2)c2ccccc21. The molecule has 5 heteroatoms. The Morgan fingerprint density at radius 1 is 1.10 bits per heavy atom. The van der Waals surface area contributed by atoms with Crippen LogP contribution in [-0.4, -0.2) is 25.4 Å². The van der Waals surface area contributed by atoms with Crippen LogP contribution in [0.15, 0.2) is 48.5 Å². The monoisotopic (exact) mass is 284 g/mol. The van der Waals surface area contributed by atoms with Gasteiger partial charge in [-0.2, -0.15) is 0 Å². The lowest BCUT2D eigenvalue weighted by molar-refractivity contribution is -0.117. The lowest BCUT2D eigenvalue weighted by atomic mass is 10.1. The quantitative estimate of drug-likeness (QED) is 0.807. The molecule has 4 nitrogen and oxygen atoms in total. The van der Waals surface area contributed by atoms with E-state index in [1.807, 2.05) is 0 Å². The number of hydrogen-bond acceptors (Lipinski definition) is 2. The Morgan fingerprint density at radius 2 is 1.81 bits per heavy atom. The summed E-state index contributed by atoms with van der Waals surface area (Å²) < 4.78 is 13.3. The molecule has 0 spiro atoms. The van der Waals surface area contributed by atoms with E-state index in [0.29, 0.717) is 11.4 Å². The van der Waals surface area contributed by atoms with E-state index in [1.165, 1.54) is 34.1 Å². The van der Waals surface area contributed by atoms with Gasteiger partial charge in [-0.1, -0.05) is 18.2 Å². The molecule has 0 bridgehead atoms. The highest BCUT2D eigenvalue weighted by atomic mass is 19.1. The Kier molecular flexibility index (Phi) is 3.17. The number of hydrogen-bond donors (Lipinski definition) is 0. The molecule has 0 saturated carbocycles. The molecule has 0 fully saturated rings. The maximum atomic E-state index is 13.3. The van der Waals surface area contributed by atoms with Crippen LogP contribution >= 0.6 is 0 Å². The van der Waals surface area contributed by atoms with Gasteiger partial charge < -0.3 is 4.90 Å². The molecular weight excluding hydrogens is 271 g/mol. The fraction of sp³-hybridized carbons (Fsp3) is 0.125. The van der Waals surface area contributed by atoms with Crippen LogP contribution in [-0.2, 0) is 4.79 Å². The van der Waals surface area contributed by atoms with Crippen LogP contribution < -0.4 is 9.80 Å². The third-order valence-electron chi connectivity index (χ3n) is 3.52. The van der Waals surface area contributed by atoms with Crippen molar-refractivity contribution < 1.29 is 14.0 Å². The predicted octanol–water partition coefficient (Wildman–Crippen LogP) is 2.45. The largest absolute Gasteiger partial charge is 0.312 e. The zero-order valence-corrected chi connectivity index (χ0v) is 11.4. The first kappa shape index (κ1) is 13.3. The molecule has 21 heavy (non-hydrogen) atoms. The number of rotatable bonds is 1. The molecule has 0 radical (unpaired) electrons. The Bertz CT molecular complexity index is 730. The van der Waals surface area contributed by atoms with E-state index in [2.05, 4.69) is 0 Å². The van der Waals surface area contributed by atoms with Gasteiger partial charge in [0.25, 0.3) is 5.91 Å². The number of halogens is 1. The number of carbonyl (C=O) groups excluding carboxylic acids is 2. The number of anilines is 2. The van der Waals surface area contributed by atoms with Crippen molar-refractivity contribution in [3.8, 4) is 0 Å². The van der Waals surface area contributed by atoms with Gasteiger partial charge in [0, 0.05) is 12.6 Å². The van der Waals surface area contributed by atoms with Gasteiger partial charge in [-0.15, -0.1) is 0 Å². The number of amides is 2. The first-order chi connectivity index (χ1) is 10.1. The van der Waals surface area contributed by atoms with Gasteiger partial charge in [0.2, 0.25) is 5.91 Å². The van der Waals surface area contributed by atoms with Crippen molar-refractivity contribution >= 4 is 23.2 Å². The van der Waals surface area contributed by atoms with Gasteiger partial charge in [0.1, 0.15) is 12.4 Å². The molecule has 106 valence electrons. The first-order valence-electron chi connectivity index (χ1n) is 6.51. The van der Waals surface area contributed by atoms with Gasteiger partial charge in [-0.05, 0) is 30.3 Å². The number of fused-ring (bicyclic) bond motifs is 1. The molecule has 1 aliphatic heterocycles. The molecule has 1 aliphatic rings. The van der Waals surface area contributed by atoms with Gasteiger partial charge in [0.05, 0.1) is 11.4 Å². The Morgan fingerprint density at radius 3 is 2.52 bits per heavy atom. The summed E-state index contributed by atoms with van der Waals surface area (Å²) in [6, 6.07) is 12.6. The topological polar surface area (TPSA) is 40.6 Å².